The van der Waals surface area contributed by atoms with E-state index < -0.39 is 12.1 Å². The van der Waals surface area contributed by atoms with Crippen molar-refractivity contribution in [2.45, 2.75) is 26.4 Å². The molecule has 1 atom stereocenters. The standard InChI is InChI=1S/C16H23NO5/c1-11(2)10-22-13-6-4-12(5-7-13)8-15(18)17-9-14(21-3)16(19)20/h4-7,11,14H,8-10H2,1-3H3,(H,17,18)(H,19,20). The SMILES string of the molecule is COC(CNC(=O)Cc1ccc(OCC(C)C)cc1)C(=O)O. The van der Waals surface area contributed by atoms with E-state index in [1.54, 1.807) is 0 Å². The van der Waals surface area contributed by atoms with E-state index in [-0.39, 0.29) is 18.9 Å². The summed E-state index contributed by atoms with van der Waals surface area (Å²) in [4.78, 5) is 22.5. The molecule has 0 bridgehead atoms. The van der Waals surface area contributed by atoms with E-state index in [1.165, 1.54) is 7.11 Å². The number of hydrogen-bond donors (Lipinski definition) is 2. The smallest absolute Gasteiger partial charge is 0.334 e. The molecule has 2 N–H and O–H groups in total. The second kappa shape index (κ2) is 9.04. The maximum absolute atomic E-state index is 11.8. The summed E-state index contributed by atoms with van der Waals surface area (Å²) in [6.07, 6.45) is -0.851. The second-order valence-corrected chi connectivity index (χ2v) is 5.39. The predicted octanol–water partition coefficient (Wildman–Crippen LogP) is 1.48. The van der Waals surface area contributed by atoms with E-state index >= 15 is 0 Å². The number of rotatable bonds is 9. The monoisotopic (exact) mass is 309 g/mol. The summed E-state index contributed by atoms with van der Waals surface area (Å²) in [5.74, 6) is -0.134. The summed E-state index contributed by atoms with van der Waals surface area (Å²) in [6, 6.07) is 7.28. The van der Waals surface area contributed by atoms with Crippen LogP contribution in [0, 0.1) is 5.92 Å². The normalized spacial score (nSPS) is 12.0. The van der Waals surface area contributed by atoms with Crippen LogP contribution in [0.3, 0.4) is 0 Å². The minimum Gasteiger partial charge on any atom is -0.493 e. The molecule has 1 rings (SSSR count). The zero-order chi connectivity index (χ0) is 16.5. The molecule has 0 aliphatic rings. The number of hydrogen-bond acceptors (Lipinski definition) is 4. The van der Waals surface area contributed by atoms with E-state index in [0.29, 0.717) is 12.5 Å². The first-order valence-electron chi connectivity index (χ1n) is 7.16. The van der Waals surface area contributed by atoms with Gasteiger partial charge in [0.15, 0.2) is 6.10 Å². The van der Waals surface area contributed by atoms with Crippen molar-refractivity contribution in [2.24, 2.45) is 5.92 Å². The fourth-order valence-electron chi connectivity index (χ4n) is 1.69. The largest absolute Gasteiger partial charge is 0.493 e. The van der Waals surface area contributed by atoms with Crippen molar-refractivity contribution in [1.82, 2.24) is 5.32 Å². The summed E-state index contributed by atoms with van der Waals surface area (Å²) in [6.45, 7) is 4.74. The van der Waals surface area contributed by atoms with Gasteiger partial charge in [0.05, 0.1) is 19.6 Å². The predicted molar refractivity (Wildman–Crippen MR) is 81.9 cm³/mol. The van der Waals surface area contributed by atoms with E-state index in [4.69, 9.17) is 14.6 Å². The third-order valence-electron chi connectivity index (χ3n) is 2.92. The van der Waals surface area contributed by atoms with Crippen molar-refractivity contribution in [1.29, 1.82) is 0 Å². The molecular weight excluding hydrogens is 286 g/mol. The van der Waals surface area contributed by atoms with Gasteiger partial charge in [-0.1, -0.05) is 26.0 Å². The van der Waals surface area contributed by atoms with Crippen LogP contribution in [0.5, 0.6) is 5.75 Å². The van der Waals surface area contributed by atoms with Crippen LogP contribution in [0.2, 0.25) is 0 Å². The fourth-order valence-corrected chi connectivity index (χ4v) is 1.69. The molecule has 0 aliphatic carbocycles. The van der Waals surface area contributed by atoms with Gasteiger partial charge in [-0.3, -0.25) is 4.79 Å². The molecule has 0 aromatic heterocycles. The first-order valence-corrected chi connectivity index (χ1v) is 7.16. The Morgan fingerprint density at radius 3 is 2.36 bits per heavy atom. The Balaban J connectivity index is 2.42. The molecule has 22 heavy (non-hydrogen) atoms. The van der Waals surface area contributed by atoms with Crippen LogP contribution < -0.4 is 10.1 Å². The Hall–Kier alpha value is -2.08. The maximum Gasteiger partial charge on any atom is 0.334 e. The van der Waals surface area contributed by atoms with Crippen LogP contribution >= 0.6 is 0 Å². The number of carbonyl (C=O) groups is 2. The molecular formula is C16H23NO5. The van der Waals surface area contributed by atoms with Crippen molar-refractivity contribution in [2.75, 3.05) is 20.3 Å². The molecule has 1 aromatic rings. The highest BCUT2D eigenvalue weighted by Crippen LogP contribution is 2.13. The van der Waals surface area contributed by atoms with Crippen LogP contribution in [-0.4, -0.2) is 43.3 Å². The number of nitrogens with one attached hydrogen (secondary N) is 1. The summed E-state index contributed by atoms with van der Waals surface area (Å²) >= 11 is 0. The Kier molecular flexibility index (Phi) is 7.39. The highest BCUT2D eigenvalue weighted by molar-refractivity contribution is 5.80. The lowest BCUT2D eigenvalue weighted by molar-refractivity contribution is -0.148. The van der Waals surface area contributed by atoms with Gasteiger partial charge in [-0.2, -0.15) is 0 Å². The molecule has 0 fully saturated rings. The first kappa shape index (κ1) is 18.0. The molecule has 0 heterocycles. The van der Waals surface area contributed by atoms with Crippen molar-refractivity contribution >= 4 is 11.9 Å². The number of methoxy groups -OCH3 is 1. The molecule has 0 spiro atoms. The number of carbonyl (C=O) groups excluding carboxylic acids is 1. The number of aliphatic carboxylic acids is 1. The van der Waals surface area contributed by atoms with Gasteiger partial charge in [-0.05, 0) is 23.6 Å². The quantitative estimate of drug-likeness (QED) is 0.722. The van der Waals surface area contributed by atoms with E-state index in [2.05, 4.69) is 19.2 Å². The Bertz CT molecular complexity index is 484. The Labute approximate surface area is 130 Å². The molecule has 6 heteroatoms. The van der Waals surface area contributed by atoms with Crippen molar-refractivity contribution < 1.29 is 24.2 Å². The van der Waals surface area contributed by atoms with Gasteiger partial charge in [0.2, 0.25) is 5.91 Å². The molecule has 122 valence electrons. The van der Waals surface area contributed by atoms with Crippen LogP contribution in [0.15, 0.2) is 24.3 Å². The number of benzene rings is 1. The van der Waals surface area contributed by atoms with Crippen molar-refractivity contribution in [3.05, 3.63) is 29.8 Å². The van der Waals surface area contributed by atoms with Gasteiger partial charge in [-0.15, -0.1) is 0 Å². The number of amides is 1. The molecule has 1 unspecified atom stereocenters. The summed E-state index contributed by atoms with van der Waals surface area (Å²) in [5.41, 5.74) is 0.832. The van der Waals surface area contributed by atoms with Gasteiger partial charge in [0, 0.05) is 7.11 Å². The highest BCUT2D eigenvalue weighted by atomic mass is 16.5. The highest BCUT2D eigenvalue weighted by Gasteiger charge is 2.17. The van der Waals surface area contributed by atoms with Crippen LogP contribution in [0.1, 0.15) is 19.4 Å². The molecule has 1 amide bonds. The Morgan fingerprint density at radius 2 is 1.86 bits per heavy atom. The number of carboxylic acid groups (broad SMARTS) is 1. The summed E-state index contributed by atoms with van der Waals surface area (Å²) < 4.78 is 10.3. The molecule has 1 aromatic carbocycles. The molecule has 0 saturated heterocycles. The van der Waals surface area contributed by atoms with E-state index in [0.717, 1.165) is 11.3 Å². The summed E-state index contributed by atoms with van der Waals surface area (Å²) in [7, 11) is 1.29. The van der Waals surface area contributed by atoms with Crippen molar-refractivity contribution in [3.63, 3.8) is 0 Å². The van der Waals surface area contributed by atoms with Crippen LogP contribution in [-0.2, 0) is 20.7 Å². The zero-order valence-electron chi connectivity index (χ0n) is 13.2. The van der Waals surface area contributed by atoms with Gasteiger partial charge >= 0.3 is 5.97 Å². The average molecular weight is 309 g/mol. The van der Waals surface area contributed by atoms with E-state index in [1.807, 2.05) is 24.3 Å². The van der Waals surface area contributed by atoms with Gasteiger partial charge in [0.25, 0.3) is 0 Å². The molecule has 0 saturated carbocycles. The third-order valence-corrected chi connectivity index (χ3v) is 2.92. The minimum absolute atomic E-state index is 0.0553. The lowest BCUT2D eigenvalue weighted by Crippen LogP contribution is -2.38. The minimum atomic E-state index is -1.10. The van der Waals surface area contributed by atoms with Crippen molar-refractivity contribution in [3.8, 4) is 5.75 Å². The Morgan fingerprint density at radius 1 is 1.23 bits per heavy atom. The number of carboxylic acids is 1. The maximum atomic E-state index is 11.8. The van der Waals surface area contributed by atoms with E-state index in [9.17, 15) is 9.59 Å². The molecule has 0 aliphatic heterocycles. The third kappa shape index (κ3) is 6.58. The summed E-state index contributed by atoms with van der Waals surface area (Å²) in [5, 5.41) is 11.3. The van der Waals surface area contributed by atoms with Gasteiger partial charge in [-0.25, -0.2) is 4.79 Å². The van der Waals surface area contributed by atoms with Crippen LogP contribution in [0.4, 0.5) is 0 Å². The van der Waals surface area contributed by atoms with Gasteiger partial charge < -0.3 is 19.9 Å². The first-order chi connectivity index (χ1) is 10.4. The second-order valence-electron chi connectivity index (χ2n) is 5.39. The number of ether oxygens (including phenoxy) is 2. The van der Waals surface area contributed by atoms with Gasteiger partial charge in [0.1, 0.15) is 5.75 Å². The lowest BCUT2D eigenvalue weighted by atomic mass is 10.1. The lowest BCUT2D eigenvalue weighted by Gasteiger charge is -2.12. The molecule has 6 nitrogen and oxygen atoms in total. The van der Waals surface area contributed by atoms with Crippen LogP contribution in [0.25, 0.3) is 0 Å². The fraction of sp³-hybridized carbons (Fsp3) is 0.500. The molecule has 0 radical (unpaired) electrons. The average Bonchev–Trinajstić information content (AvgIpc) is 2.46. The zero-order valence-corrected chi connectivity index (χ0v) is 13.2. The topological polar surface area (TPSA) is 84.9 Å².